The first-order valence-corrected chi connectivity index (χ1v) is 17.2. The number of ether oxygens (including phenoxy) is 3. The van der Waals surface area contributed by atoms with Crippen molar-refractivity contribution in [1.82, 2.24) is 0 Å². The largest absolute Gasteiger partial charge is 0.490 e. The van der Waals surface area contributed by atoms with Gasteiger partial charge in [-0.15, -0.1) is 0 Å². The minimum atomic E-state index is -0.966. The third-order valence-corrected chi connectivity index (χ3v) is 8.77. The second kappa shape index (κ2) is 19.0. The van der Waals surface area contributed by atoms with Crippen LogP contribution in [0.5, 0.6) is 5.75 Å². The van der Waals surface area contributed by atoms with Crippen molar-refractivity contribution in [1.29, 1.82) is 0 Å². The van der Waals surface area contributed by atoms with Crippen molar-refractivity contribution in [3.63, 3.8) is 0 Å². The van der Waals surface area contributed by atoms with E-state index in [9.17, 15) is 8.78 Å². The molecule has 45 heavy (non-hydrogen) atoms. The molecule has 3 nitrogen and oxygen atoms in total. The van der Waals surface area contributed by atoms with E-state index < -0.39 is 11.6 Å². The van der Waals surface area contributed by atoms with Crippen LogP contribution in [0.2, 0.25) is 0 Å². The third kappa shape index (κ3) is 10.9. The first-order chi connectivity index (χ1) is 22.0. The number of rotatable bonds is 19. The van der Waals surface area contributed by atoms with E-state index in [2.05, 4.69) is 13.8 Å². The summed E-state index contributed by atoms with van der Waals surface area (Å²) in [4.78, 5) is 0. The minimum absolute atomic E-state index is 0.0493. The van der Waals surface area contributed by atoms with Gasteiger partial charge in [-0.25, -0.2) is 8.78 Å². The first-order valence-electron chi connectivity index (χ1n) is 17.2. The zero-order chi connectivity index (χ0) is 31.9. The van der Waals surface area contributed by atoms with Crippen LogP contribution in [0.15, 0.2) is 54.6 Å². The highest BCUT2D eigenvalue weighted by Gasteiger charge is 2.21. The number of aryl methyl sites for hydroxylation is 1. The fraction of sp³-hybridized carbons (Fsp3) is 0.538. The SMILES string of the molecule is CCCCCCCCOc1ccc(-c2ccc(-c3ccc(CCCCC4COC(CCCCC)OC4)c(F)c3)cc2)c(F)c1F. The Hall–Kier alpha value is -2.83. The molecule has 0 spiro atoms. The zero-order valence-electron chi connectivity index (χ0n) is 27.2. The second-order valence-electron chi connectivity index (χ2n) is 12.4. The summed E-state index contributed by atoms with van der Waals surface area (Å²) in [7, 11) is 0. The van der Waals surface area contributed by atoms with Gasteiger partial charge in [0, 0.05) is 11.5 Å². The highest BCUT2D eigenvalue weighted by atomic mass is 19.2. The molecule has 6 heteroatoms. The maximum Gasteiger partial charge on any atom is 0.201 e. The molecule has 3 aromatic rings. The number of unbranched alkanes of at least 4 members (excludes halogenated alkanes) is 8. The fourth-order valence-electron chi connectivity index (χ4n) is 5.93. The van der Waals surface area contributed by atoms with E-state index in [1.165, 1.54) is 38.2 Å². The molecule has 0 bridgehead atoms. The van der Waals surface area contributed by atoms with Crippen molar-refractivity contribution in [2.75, 3.05) is 19.8 Å². The summed E-state index contributed by atoms with van der Waals surface area (Å²) in [6.07, 6.45) is 14.7. The van der Waals surface area contributed by atoms with Crippen LogP contribution < -0.4 is 4.74 Å². The van der Waals surface area contributed by atoms with Crippen LogP contribution in [0.25, 0.3) is 22.3 Å². The molecular weight excluding hydrogens is 573 g/mol. The molecule has 0 aromatic heterocycles. The summed E-state index contributed by atoms with van der Waals surface area (Å²) in [5, 5.41) is 0. The van der Waals surface area contributed by atoms with E-state index in [-0.39, 0.29) is 23.4 Å². The van der Waals surface area contributed by atoms with Crippen LogP contribution in [0.3, 0.4) is 0 Å². The van der Waals surface area contributed by atoms with Crippen molar-refractivity contribution in [2.45, 2.75) is 110 Å². The molecule has 246 valence electrons. The van der Waals surface area contributed by atoms with Crippen LogP contribution in [-0.2, 0) is 15.9 Å². The lowest BCUT2D eigenvalue weighted by Crippen LogP contribution is -2.32. The molecule has 1 fully saturated rings. The van der Waals surface area contributed by atoms with Gasteiger partial charge in [0.15, 0.2) is 17.9 Å². The molecule has 4 rings (SSSR count). The molecule has 1 aliphatic rings. The zero-order valence-corrected chi connectivity index (χ0v) is 27.2. The highest BCUT2D eigenvalue weighted by molar-refractivity contribution is 5.71. The van der Waals surface area contributed by atoms with Crippen LogP contribution in [-0.4, -0.2) is 26.1 Å². The molecule has 0 atom stereocenters. The van der Waals surface area contributed by atoms with Gasteiger partial charge in [0.25, 0.3) is 0 Å². The van der Waals surface area contributed by atoms with Gasteiger partial charge in [0.2, 0.25) is 5.82 Å². The molecule has 0 radical (unpaired) electrons. The second-order valence-corrected chi connectivity index (χ2v) is 12.4. The smallest absolute Gasteiger partial charge is 0.201 e. The summed E-state index contributed by atoms with van der Waals surface area (Å²) >= 11 is 0. The van der Waals surface area contributed by atoms with Gasteiger partial charge in [0.05, 0.1) is 19.8 Å². The Balaban J connectivity index is 1.23. The average Bonchev–Trinajstić information content (AvgIpc) is 3.06. The van der Waals surface area contributed by atoms with Crippen LogP contribution in [0, 0.1) is 23.4 Å². The molecule has 3 aromatic carbocycles. The molecule has 0 amide bonds. The van der Waals surface area contributed by atoms with Gasteiger partial charge in [-0.2, -0.15) is 4.39 Å². The fourth-order valence-corrected chi connectivity index (χ4v) is 5.93. The monoisotopic (exact) mass is 624 g/mol. The predicted molar refractivity (Wildman–Crippen MR) is 177 cm³/mol. The Bertz CT molecular complexity index is 1290. The Labute approximate surface area is 268 Å². The molecular formula is C39H51F3O3. The van der Waals surface area contributed by atoms with E-state index in [1.807, 2.05) is 24.3 Å². The number of halogens is 3. The van der Waals surface area contributed by atoms with E-state index in [0.717, 1.165) is 75.7 Å². The quantitative estimate of drug-likeness (QED) is 0.124. The van der Waals surface area contributed by atoms with Gasteiger partial charge < -0.3 is 14.2 Å². The summed E-state index contributed by atoms with van der Waals surface area (Å²) in [6, 6.07) is 15.5. The van der Waals surface area contributed by atoms with Crippen molar-refractivity contribution in [3.05, 3.63) is 77.6 Å². The summed E-state index contributed by atoms with van der Waals surface area (Å²) in [5.41, 5.74) is 2.99. The number of hydrogen-bond donors (Lipinski definition) is 0. The lowest BCUT2D eigenvalue weighted by molar-refractivity contribution is -0.204. The lowest BCUT2D eigenvalue weighted by atomic mass is 9.97. The normalized spacial score (nSPS) is 16.6. The van der Waals surface area contributed by atoms with Gasteiger partial charge in [-0.3, -0.25) is 0 Å². The Morgan fingerprint density at radius 3 is 2.02 bits per heavy atom. The number of benzene rings is 3. The maximum absolute atomic E-state index is 15.0. The van der Waals surface area contributed by atoms with Gasteiger partial charge in [-0.05, 0) is 79.0 Å². The molecule has 0 saturated carbocycles. The Morgan fingerprint density at radius 1 is 0.644 bits per heavy atom. The van der Waals surface area contributed by atoms with Crippen LogP contribution >= 0.6 is 0 Å². The minimum Gasteiger partial charge on any atom is -0.490 e. The summed E-state index contributed by atoms with van der Waals surface area (Å²) < 4.78 is 62.0. The number of hydrogen-bond acceptors (Lipinski definition) is 3. The van der Waals surface area contributed by atoms with Crippen molar-refractivity contribution >= 4 is 0 Å². The highest BCUT2D eigenvalue weighted by Crippen LogP contribution is 2.32. The lowest BCUT2D eigenvalue weighted by Gasteiger charge is -2.29. The van der Waals surface area contributed by atoms with E-state index in [1.54, 1.807) is 24.3 Å². The third-order valence-electron chi connectivity index (χ3n) is 8.77. The van der Waals surface area contributed by atoms with E-state index >= 15 is 4.39 Å². The molecule has 0 aliphatic carbocycles. The van der Waals surface area contributed by atoms with Crippen LogP contribution in [0.4, 0.5) is 13.2 Å². The molecule has 1 aliphatic heterocycles. The summed E-state index contributed by atoms with van der Waals surface area (Å²) in [5.74, 6) is -1.75. The van der Waals surface area contributed by atoms with Crippen molar-refractivity contribution < 1.29 is 27.4 Å². The molecule has 0 N–H and O–H groups in total. The Morgan fingerprint density at radius 2 is 1.29 bits per heavy atom. The maximum atomic E-state index is 15.0. The molecule has 1 saturated heterocycles. The predicted octanol–water partition coefficient (Wildman–Crippen LogP) is 11.5. The van der Waals surface area contributed by atoms with Gasteiger partial charge in [0.1, 0.15) is 5.82 Å². The topological polar surface area (TPSA) is 27.7 Å². The van der Waals surface area contributed by atoms with E-state index in [4.69, 9.17) is 14.2 Å². The first kappa shape index (κ1) is 35.0. The van der Waals surface area contributed by atoms with Crippen molar-refractivity contribution in [3.8, 4) is 28.0 Å². The van der Waals surface area contributed by atoms with Gasteiger partial charge in [-0.1, -0.05) is 102 Å². The molecule has 1 heterocycles. The van der Waals surface area contributed by atoms with E-state index in [0.29, 0.717) is 30.1 Å². The molecule has 0 unspecified atom stereocenters. The van der Waals surface area contributed by atoms with Crippen molar-refractivity contribution in [2.24, 2.45) is 5.92 Å². The average molecular weight is 625 g/mol. The summed E-state index contributed by atoms with van der Waals surface area (Å²) in [6.45, 7) is 6.24. The standard InChI is InChI=1S/C39H51F3O3/c1-3-5-7-8-9-13-25-43-36-24-23-34(38(41)39(36)42)31-19-17-30(18-20-31)33-22-21-32(35(40)26-33)15-12-11-14-29-27-44-37(45-28-29)16-10-6-4-2/h17-24,26,29,37H,3-16,25,27-28H2,1-2H3. The van der Waals surface area contributed by atoms with Gasteiger partial charge >= 0.3 is 0 Å². The van der Waals surface area contributed by atoms with Crippen LogP contribution in [0.1, 0.15) is 103 Å². The Kier molecular flexibility index (Phi) is 14.8.